The molecule has 2 aromatic carbocycles. The number of halogens is 1. The van der Waals surface area contributed by atoms with Gasteiger partial charge in [-0.05, 0) is 55.0 Å². The summed E-state index contributed by atoms with van der Waals surface area (Å²) in [6, 6.07) is 15.3. The average molecular weight is 390 g/mol. The quantitative estimate of drug-likeness (QED) is 0.818. The van der Waals surface area contributed by atoms with Crippen LogP contribution in [0.5, 0.6) is 0 Å². The summed E-state index contributed by atoms with van der Waals surface area (Å²) in [6.45, 7) is 2.06. The molecule has 0 aliphatic carbocycles. The Labute approximate surface area is 170 Å². The monoisotopic (exact) mass is 390 g/mol. The third kappa shape index (κ3) is 5.19. The number of hydrogen-bond donors (Lipinski definition) is 2. The van der Waals surface area contributed by atoms with Crippen LogP contribution >= 0.6 is 0 Å². The van der Waals surface area contributed by atoms with Gasteiger partial charge in [0, 0.05) is 12.5 Å². The standard InChI is InChI=1S/C23H23FN4O/c1-15-3-2-4-22(27-15)23(29)28-20(14-26)11-16-5-7-17(8-6-16)18-9-10-19(13-25)21(24)12-18/h5-10,12,15,20,22,27H,2-4,11H2,1H3,(H,28,29)/t15-,20?,22-/m0/s1. The SMILES string of the molecule is C[C@H]1CCC[C@@H](C(=O)NC(C#N)Cc2ccc(-c3ccc(C#N)c(F)c3)cc2)N1. The van der Waals surface area contributed by atoms with Gasteiger partial charge in [-0.3, -0.25) is 4.79 Å². The maximum atomic E-state index is 13.8. The van der Waals surface area contributed by atoms with E-state index < -0.39 is 11.9 Å². The van der Waals surface area contributed by atoms with Crippen molar-refractivity contribution in [3.8, 4) is 23.3 Å². The largest absolute Gasteiger partial charge is 0.339 e. The van der Waals surface area contributed by atoms with E-state index >= 15 is 0 Å². The van der Waals surface area contributed by atoms with E-state index in [-0.39, 0.29) is 17.5 Å². The summed E-state index contributed by atoms with van der Waals surface area (Å²) in [6.07, 6.45) is 3.23. The molecule has 1 heterocycles. The molecule has 0 aromatic heterocycles. The van der Waals surface area contributed by atoms with Crippen LogP contribution in [0.25, 0.3) is 11.1 Å². The van der Waals surface area contributed by atoms with E-state index in [9.17, 15) is 14.4 Å². The number of piperidine rings is 1. The van der Waals surface area contributed by atoms with Crippen molar-refractivity contribution in [3.63, 3.8) is 0 Å². The van der Waals surface area contributed by atoms with E-state index in [4.69, 9.17) is 5.26 Å². The number of hydrogen-bond acceptors (Lipinski definition) is 4. The number of carbonyl (C=O) groups is 1. The van der Waals surface area contributed by atoms with Crippen molar-refractivity contribution in [3.05, 3.63) is 59.4 Å². The van der Waals surface area contributed by atoms with Crippen molar-refractivity contribution in [2.75, 3.05) is 0 Å². The molecule has 3 atom stereocenters. The van der Waals surface area contributed by atoms with E-state index in [1.165, 1.54) is 12.1 Å². The average Bonchev–Trinajstić information content (AvgIpc) is 2.73. The third-order valence-corrected chi connectivity index (χ3v) is 5.22. The normalized spacial score (nSPS) is 19.6. The number of nitriles is 2. The van der Waals surface area contributed by atoms with Gasteiger partial charge < -0.3 is 10.6 Å². The number of amides is 1. The van der Waals surface area contributed by atoms with Crippen LogP contribution in [-0.2, 0) is 11.2 Å². The maximum Gasteiger partial charge on any atom is 0.238 e. The highest BCUT2D eigenvalue weighted by atomic mass is 19.1. The van der Waals surface area contributed by atoms with E-state index in [0.717, 1.165) is 30.4 Å². The summed E-state index contributed by atoms with van der Waals surface area (Å²) in [5.41, 5.74) is 2.41. The molecule has 29 heavy (non-hydrogen) atoms. The Kier molecular flexibility index (Phi) is 6.59. The Hall–Kier alpha value is -3.22. The van der Waals surface area contributed by atoms with Gasteiger partial charge >= 0.3 is 0 Å². The zero-order chi connectivity index (χ0) is 20.8. The van der Waals surface area contributed by atoms with Gasteiger partial charge in [-0.2, -0.15) is 10.5 Å². The Morgan fingerprint density at radius 3 is 2.55 bits per heavy atom. The molecule has 2 N–H and O–H groups in total. The summed E-state index contributed by atoms with van der Waals surface area (Å²) in [7, 11) is 0. The minimum absolute atomic E-state index is 0.0137. The molecule has 1 aliphatic rings. The van der Waals surface area contributed by atoms with Crippen molar-refractivity contribution in [1.82, 2.24) is 10.6 Å². The smallest absolute Gasteiger partial charge is 0.238 e. The molecule has 1 saturated heterocycles. The first-order valence-corrected chi connectivity index (χ1v) is 9.75. The second-order valence-electron chi connectivity index (χ2n) is 7.45. The predicted molar refractivity (Wildman–Crippen MR) is 108 cm³/mol. The predicted octanol–water partition coefficient (Wildman–Crippen LogP) is 3.45. The van der Waals surface area contributed by atoms with Crippen LogP contribution in [-0.4, -0.2) is 24.0 Å². The Morgan fingerprint density at radius 1 is 1.21 bits per heavy atom. The van der Waals surface area contributed by atoms with Crippen LogP contribution in [0.3, 0.4) is 0 Å². The lowest BCUT2D eigenvalue weighted by Gasteiger charge is -2.28. The number of rotatable bonds is 5. The molecule has 1 aliphatic heterocycles. The summed E-state index contributed by atoms with van der Waals surface area (Å²) in [4.78, 5) is 12.4. The molecular formula is C23H23FN4O. The molecule has 2 aromatic rings. The molecular weight excluding hydrogens is 367 g/mol. The minimum atomic E-state index is -0.611. The molecule has 1 unspecified atom stereocenters. The van der Waals surface area contributed by atoms with Gasteiger partial charge in [0.15, 0.2) is 0 Å². The van der Waals surface area contributed by atoms with E-state index in [2.05, 4.69) is 23.6 Å². The van der Waals surface area contributed by atoms with Crippen LogP contribution in [0.1, 0.15) is 37.3 Å². The summed E-state index contributed by atoms with van der Waals surface area (Å²) in [5, 5.41) is 24.4. The number of nitrogens with zero attached hydrogens (tertiary/aromatic N) is 2. The number of nitrogens with one attached hydrogen (secondary N) is 2. The highest BCUT2D eigenvalue weighted by Gasteiger charge is 2.25. The number of carbonyl (C=O) groups excluding carboxylic acids is 1. The Morgan fingerprint density at radius 2 is 1.93 bits per heavy atom. The minimum Gasteiger partial charge on any atom is -0.339 e. The highest BCUT2D eigenvalue weighted by molar-refractivity contribution is 5.82. The highest BCUT2D eigenvalue weighted by Crippen LogP contribution is 2.22. The van der Waals surface area contributed by atoms with Gasteiger partial charge in [-0.25, -0.2) is 4.39 Å². The van der Waals surface area contributed by atoms with Crippen molar-refractivity contribution in [2.45, 2.75) is 50.7 Å². The lowest BCUT2D eigenvalue weighted by Crippen LogP contribution is -2.52. The first-order chi connectivity index (χ1) is 14.0. The fourth-order valence-electron chi connectivity index (χ4n) is 3.60. The summed E-state index contributed by atoms with van der Waals surface area (Å²) >= 11 is 0. The van der Waals surface area contributed by atoms with Crippen LogP contribution in [0.4, 0.5) is 4.39 Å². The van der Waals surface area contributed by atoms with Crippen molar-refractivity contribution in [2.24, 2.45) is 0 Å². The van der Waals surface area contributed by atoms with Gasteiger partial charge in [0.05, 0.1) is 17.7 Å². The van der Waals surface area contributed by atoms with Gasteiger partial charge in [-0.1, -0.05) is 30.3 Å². The molecule has 6 heteroatoms. The Balaban J connectivity index is 1.63. The second-order valence-corrected chi connectivity index (χ2v) is 7.45. The van der Waals surface area contributed by atoms with Crippen molar-refractivity contribution >= 4 is 5.91 Å². The fraction of sp³-hybridized carbons (Fsp3) is 0.348. The maximum absolute atomic E-state index is 13.8. The summed E-state index contributed by atoms with van der Waals surface area (Å²) < 4.78 is 13.8. The van der Waals surface area contributed by atoms with Crippen molar-refractivity contribution < 1.29 is 9.18 Å². The summed E-state index contributed by atoms with van der Waals surface area (Å²) in [5.74, 6) is -0.681. The molecule has 0 bridgehead atoms. The Bertz CT molecular complexity index is 958. The van der Waals surface area contributed by atoms with Gasteiger partial charge in [0.1, 0.15) is 17.9 Å². The molecule has 1 amide bonds. The zero-order valence-electron chi connectivity index (χ0n) is 16.3. The molecule has 0 radical (unpaired) electrons. The first kappa shape index (κ1) is 20.5. The van der Waals surface area contributed by atoms with Gasteiger partial charge in [0.2, 0.25) is 5.91 Å². The number of benzene rings is 2. The fourth-order valence-corrected chi connectivity index (χ4v) is 3.60. The van der Waals surface area contributed by atoms with Crippen LogP contribution in [0, 0.1) is 28.5 Å². The van der Waals surface area contributed by atoms with Gasteiger partial charge in [0.25, 0.3) is 0 Å². The molecule has 5 nitrogen and oxygen atoms in total. The topological polar surface area (TPSA) is 88.7 Å². The second kappa shape index (κ2) is 9.32. The van der Waals surface area contributed by atoms with E-state index in [0.29, 0.717) is 18.0 Å². The lowest BCUT2D eigenvalue weighted by molar-refractivity contribution is -0.124. The molecule has 3 rings (SSSR count). The zero-order valence-corrected chi connectivity index (χ0v) is 16.3. The molecule has 148 valence electrons. The van der Waals surface area contributed by atoms with E-state index in [1.807, 2.05) is 30.3 Å². The van der Waals surface area contributed by atoms with Crippen LogP contribution in [0.2, 0.25) is 0 Å². The molecule has 0 spiro atoms. The van der Waals surface area contributed by atoms with Crippen molar-refractivity contribution in [1.29, 1.82) is 10.5 Å². The molecule has 0 saturated carbocycles. The van der Waals surface area contributed by atoms with Crippen LogP contribution < -0.4 is 10.6 Å². The first-order valence-electron chi connectivity index (χ1n) is 9.75. The van der Waals surface area contributed by atoms with Gasteiger partial charge in [-0.15, -0.1) is 0 Å². The van der Waals surface area contributed by atoms with Crippen LogP contribution in [0.15, 0.2) is 42.5 Å². The lowest BCUT2D eigenvalue weighted by atomic mass is 9.98. The van der Waals surface area contributed by atoms with E-state index in [1.54, 1.807) is 6.07 Å². The third-order valence-electron chi connectivity index (χ3n) is 5.22. The molecule has 1 fully saturated rings.